The van der Waals surface area contributed by atoms with E-state index in [9.17, 15) is 9.59 Å². The maximum atomic E-state index is 12.0. The lowest BCUT2D eigenvalue weighted by atomic mass is 10.2. The number of nitrogens with two attached hydrogens (primary N) is 1. The molecule has 0 aliphatic carbocycles. The van der Waals surface area contributed by atoms with E-state index in [1.807, 2.05) is 18.2 Å². The Bertz CT molecular complexity index is 513. The van der Waals surface area contributed by atoms with Crippen molar-refractivity contribution < 1.29 is 9.59 Å². The van der Waals surface area contributed by atoms with Crippen LogP contribution in [0, 0.1) is 0 Å². The third-order valence-corrected chi connectivity index (χ3v) is 3.75. The van der Waals surface area contributed by atoms with Crippen molar-refractivity contribution in [3.63, 3.8) is 0 Å². The van der Waals surface area contributed by atoms with Crippen molar-refractivity contribution in [2.45, 2.75) is 32.1 Å². The summed E-state index contributed by atoms with van der Waals surface area (Å²) in [6.07, 6.45) is 4.31. The van der Waals surface area contributed by atoms with Crippen molar-refractivity contribution in [3.8, 4) is 0 Å². The molecule has 4 N–H and O–H groups in total. The molecule has 1 aromatic carbocycles. The van der Waals surface area contributed by atoms with Crippen molar-refractivity contribution >= 4 is 23.3 Å². The van der Waals surface area contributed by atoms with Gasteiger partial charge in [0, 0.05) is 26.1 Å². The van der Waals surface area contributed by atoms with E-state index in [0.29, 0.717) is 13.0 Å². The second-order valence-electron chi connectivity index (χ2n) is 5.51. The topological polar surface area (TPSA) is 87.5 Å². The monoisotopic (exact) mass is 304 g/mol. The van der Waals surface area contributed by atoms with Crippen LogP contribution >= 0.6 is 0 Å². The number of para-hydroxylation sites is 2. The van der Waals surface area contributed by atoms with E-state index < -0.39 is 6.03 Å². The highest BCUT2D eigenvalue weighted by Crippen LogP contribution is 2.28. The molecule has 0 unspecified atom stereocenters. The summed E-state index contributed by atoms with van der Waals surface area (Å²) >= 11 is 0. The van der Waals surface area contributed by atoms with Crippen LogP contribution in [0.3, 0.4) is 0 Å². The average Bonchev–Trinajstić information content (AvgIpc) is 3.01. The number of hydrogen-bond acceptors (Lipinski definition) is 3. The van der Waals surface area contributed by atoms with E-state index in [4.69, 9.17) is 5.73 Å². The fraction of sp³-hybridized carbons (Fsp3) is 0.500. The summed E-state index contributed by atoms with van der Waals surface area (Å²) < 4.78 is 0. The van der Waals surface area contributed by atoms with Crippen LogP contribution < -0.4 is 21.3 Å². The van der Waals surface area contributed by atoms with Crippen LogP contribution in [-0.4, -0.2) is 31.6 Å². The number of urea groups is 1. The zero-order chi connectivity index (χ0) is 15.8. The summed E-state index contributed by atoms with van der Waals surface area (Å²) in [4.78, 5) is 24.9. The molecule has 0 atom stereocenters. The third-order valence-electron chi connectivity index (χ3n) is 3.75. The zero-order valence-corrected chi connectivity index (χ0v) is 12.8. The van der Waals surface area contributed by atoms with Crippen molar-refractivity contribution in [2.75, 3.05) is 29.9 Å². The number of rotatable bonds is 7. The van der Waals surface area contributed by atoms with Gasteiger partial charge < -0.3 is 21.3 Å². The maximum absolute atomic E-state index is 12.0. The van der Waals surface area contributed by atoms with Gasteiger partial charge in [-0.25, -0.2) is 4.79 Å². The molecule has 2 rings (SSSR count). The summed E-state index contributed by atoms with van der Waals surface area (Å²) in [5, 5.41) is 5.51. The Balaban J connectivity index is 1.80. The second kappa shape index (κ2) is 8.26. The molecule has 22 heavy (non-hydrogen) atoms. The number of amides is 3. The quantitative estimate of drug-likeness (QED) is 0.674. The molecule has 1 aromatic rings. The Morgan fingerprint density at radius 1 is 1.14 bits per heavy atom. The van der Waals surface area contributed by atoms with Crippen LogP contribution in [0.2, 0.25) is 0 Å². The second-order valence-corrected chi connectivity index (χ2v) is 5.51. The van der Waals surface area contributed by atoms with Gasteiger partial charge in [0.1, 0.15) is 0 Å². The minimum atomic E-state index is -0.524. The first-order valence-corrected chi connectivity index (χ1v) is 7.84. The lowest BCUT2D eigenvalue weighted by molar-refractivity contribution is -0.116. The van der Waals surface area contributed by atoms with Gasteiger partial charge >= 0.3 is 6.03 Å². The number of nitrogens with zero attached hydrogens (tertiary/aromatic N) is 1. The molecule has 0 bridgehead atoms. The number of anilines is 2. The molecule has 0 aromatic heterocycles. The molecule has 6 heteroatoms. The number of hydrogen-bond donors (Lipinski definition) is 3. The Hall–Kier alpha value is -2.24. The smallest absolute Gasteiger partial charge is 0.312 e. The largest absolute Gasteiger partial charge is 0.370 e. The molecule has 1 aliphatic rings. The van der Waals surface area contributed by atoms with E-state index in [2.05, 4.69) is 21.6 Å². The minimum absolute atomic E-state index is 0.00530. The maximum Gasteiger partial charge on any atom is 0.312 e. The van der Waals surface area contributed by atoms with Gasteiger partial charge in [-0.3, -0.25) is 4.79 Å². The van der Waals surface area contributed by atoms with Crippen molar-refractivity contribution in [3.05, 3.63) is 24.3 Å². The standard InChI is InChI=1S/C16H24N4O2/c17-16(22)18-10-4-3-9-15(21)19-13-7-1-2-8-14(13)20-11-5-6-12-20/h1-2,7-8H,3-6,9-12H2,(H,19,21)(H3,17,18,22). The van der Waals surface area contributed by atoms with Crippen LogP contribution in [0.5, 0.6) is 0 Å². The van der Waals surface area contributed by atoms with Gasteiger partial charge in [0.25, 0.3) is 0 Å². The van der Waals surface area contributed by atoms with Gasteiger partial charge in [-0.15, -0.1) is 0 Å². The molecule has 1 saturated heterocycles. The number of carbonyl (C=O) groups is 2. The van der Waals surface area contributed by atoms with Crippen LogP contribution in [0.1, 0.15) is 32.1 Å². The van der Waals surface area contributed by atoms with Crippen LogP contribution in [0.4, 0.5) is 16.2 Å². The molecule has 1 aliphatic heterocycles. The minimum Gasteiger partial charge on any atom is -0.370 e. The van der Waals surface area contributed by atoms with Crippen LogP contribution in [0.25, 0.3) is 0 Å². The average molecular weight is 304 g/mol. The molecule has 0 spiro atoms. The Labute approximate surface area is 131 Å². The van der Waals surface area contributed by atoms with Gasteiger partial charge in [0.15, 0.2) is 0 Å². The van der Waals surface area contributed by atoms with Gasteiger partial charge in [0.2, 0.25) is 5.91 Å². The van der Waals surface area contributed by atoms with Crippen molar-refractivity contribution in [1.82, 2.24) is 5.32 Å². The van der Waals surface area contributed by atoms with E-state index in [1.54, 1.807) is 0 Å². The SMILES string of the molecule is NC(=O)NCCCCC(=O)Nc1ccccc1N1CCCC1. The predicted molar refractivity (Wildman–Crippen MR) is 88.0 cm³/mol. The van der Waals surface area contributed by atoms with Gasteiger partial charge in [0.05, 0.1) is 11.4 Å². The first-order chi connectivity index (χ1) is 10.7. The summed E-state index contributed by atoms with van der Waals surface area (Å²) in [6.45, 7) is 2.60. The first-order valence-electron chi connectivity index (χ1n) is 7.84. The highest BCUT2D eigenvalue weighted by molar-refractivity contribution is 5.94. The molecular formula is C16H24N4O2. The van der Waals surface area contributed by atoms with E-state index in [-0.39, 0.29) is 5.91 Å². The molecule has 6 nitrogen and oxygen atoms in total. The Morgan fingerprint density at radius 3 is 2.59 bits per heavy atom. The highest BCUT2D eigenvalue weighted by Gasteiger charge is 2.16. The third kappa shape index (κ3) is 4.95. The van der Waals surface area contributed by atoms with Gasteiger partial charge in [-0.05, 0) is 37.8 Å². The van der Waals surface area contributed by atoms with Crippen LogP contribution in [0.15, 0.2) is 24.3 Å². The number of unbranched alkanes of at least 4 members (excludes halogenated alkanes) is 1. The molecule has 0 saturated carbocycles. The molecule has 120 valence electrons. The number of carbonyl (C=O) groups excluding carboxylic acids is 2. The highest BCUT2D eigenvalue weighted by atomic mass is 16.2. The van der Waals surface area contributed by atoms with Crippen molar-refractivity contribution in [2.24, 2.45) is 5.73 Å². The normalized spacial score (nSPS) is 13.9. The fourth-order valence-corrected chi connectivity index (χ4v) is 2.65. The predicted octanol–water partition coefficient (Wildman–Crippen LogP) is 2.06. The Kier molecular flexibility index (Phi) is 6.06. The van der Waals surface area contributed by atoms with E-state index in [0.717, 1.165) is 37.3 Å². The summed E-state index contributed by atoms with van der Waals surface area (Å²) in [5.41, 5.74) is 6.96. The number of primary amides is 1. The van der Waals surface area contributed by atoms with E-state index >= 15 is 0 Å². The summed E-state index contributed by atoms with van der Waals surface area (Å²) in [5.74, 6) is 0.00530. The lowest BCUT2D eigenvalue weighted by Crippen LogP contribution is -2.30. The molecule has 1 fully saturated rings. The molecular weight excluding hydrogens is 280 g/mol. The van der Waals surface area contributed by atoms with E-state index in [1.165, 1.54) is 12.8 Å². The number of benzene rings is 1. The fourth-order valence-electron chi connectivity index (χ4n) is 2.65. The first kappa shape index (κ1) is 16.1. The molecule has 3 amide bonds. The summed E-state index contributed by atoms with van der Waals surface area (Å²) in [7, 11) is 0. The van der Waals surface area contributed by atoms with Gasteiger partial charge in [-0.2, -0.15) is 0 Å². The molecule has 1 heterocycles. The lowest BCUT2D eigenvalue weighted by Gasteiger charge is -2.21. The van der Waals surface area contributed by atoms with Gasteiger partial charge in [-0.1, -0.05) is 12.1 Å². The van der Waals surface area contributed by atoms with Crippen molar-refractivity contribution in [1.29, 1.82) is 0 Å². The Morgan fingerprint density at radius 2 is 1.86 bits per heavy atom. The van der Waals surface area contributed by atoms with Crippen LogP contribution in [-0.2, 0) is 4.79 Å². The number of nitrogens with one attached hydrogen (secondary N) is 2. The zero-order valence-electron chi connectivity index (χ0n) is 12.8. The summed E-state index contributed by atoms with van der Waals surface area (Å²) in [6, 6.07) is 7.41. The molecule has 0 radical (unpaired) electrons.